The summed E-state index contributed by atoms with van der Waals surface area (Å²) in [6, 6.07) is 4.22. The van der Waals surface area contributed by atoms with Gasteiger partial charge in [-0.15, -0.1) is 0 Å². The molecule has 0 aliphatic heterocycles. The number of amides is 2. The molecule has 8 nitrogen and oxygen atoms in total. The van der Waals surface area contributed by atoms with Crippen molar-refractivity contribution in [3.63, 3.8) is 0 Å². The Morgan fingerprint density at radius 3 is 2.61 bits per heavy atom. The van der Waals surface area contributed by atoms with Crippen LogP contribution in [0, 0.1) is 13.8 Å². The van der Waals surface area contributed by atoms with Gasteiger partial charge in [-0.05, 0) is 45.4 Å². The minimum atomic E-state index is -0.638. The van der Waals surface area contributed by atoms with Crippen molar-refractivity contribution < 1.29 is 23.6 Å². The number of aromatic nitrogens is 1. The fourth-order valence-corrected chi connectivity index (χ4v) is 2.53. The van der Waals surface area contributed by atoms with Crippen molar-refractivity contribution in [2.75, 3.05) is 13.7 Å². The molecule has 0 saturated carbocycles. The number of hydrogen-bond acceptors (Lipinski definition) is 6. The Hall–Kier alpha value is -3.03. The van der Waals surface area contributed by atoms with Crippen LogP contribution in [0.4, 0.5) is 0 Å². The lowest BCUT2D eigenvalue weighted by molar-refractivity contribution is -0.122. The van der Waals surface area contributed by atoms with Gasteiger partial charge in [-0.25, -0.2) is 0 Å². The van der Waals surface area contributed by atoms with Gasteiger partial charge < -0.3 is 24.6 Å². The number of ether oxygens (including phenoxy) is 2. The first-order valence-electron chi connectivity index (χ1n) is 9.18. The number of methoxy groups -OCH3 is 1. The third-order valence-electron chi connectivity index (χ3n) is 4.27. The van der Waals surface area contributed by atoms with E-state index < -0.39 is 6.04 Å². The zero-order chi connectivity index (χ0) is 20.7. The Morgan fingerprint density at radius 1 is 1.25 bits per heavy atom. The molecule has 0 unspecified atom stereocenters. The lowest BCUT2D eigenvalue weighted by atomic mass is 10.1. The molecule has 1 heterocycles. The highest BCUT2D eigenvalue weighted by Crippen LogP contribution is 2.29. The van der Waals surface area contributed by atoms with E-state index in [1.54, 1.807) is 25.1 Å². The van der Waals surface area contributed by atoms with Crippen LogP contribution in [0.15, 0.2) is 22.7 Å². The number of aryl methyl sites for hydroxylation is 2. The van der Waals surface area contributed by atoms with Crippen molar-refractivity contribution in [3.05, 3.63) is 40.8 Å². The first-order chi connectivity index (χ1) is 13.4. The summed E-state index contributed by atoms with van der Waals surface area (Å²) in [5.74, 6) is 1.02. The predicted molar refractivity (Wildman–Crippen MR) is 104 cm³/mol. The fourth-order valence-electron chi connectivity index (χ4n) is 2.53. The summed E-state index contributed by atoms with van der Waals surface area (Å²) in [7, 11) is 1.50. The number of benzene rings is 1. The minimum Gasteiger partial charge on any atom is -0.493 e. The second-order valence-corrected chi connectivity index (χ2v) is 6.44. The van der Waals surface area contributed by atoms with Gasteiger partial charge in [0.05, 0.1) is 18.4 Å². The number of carbonyl (C=O) groups is 2. The summed E-state index contributed by atoms with van der Waals surface area (Å²) in [5, 5.41) is 9.32. The van der Waals surface area contributed by atoms with Gasteiger partial charge in [0.25, 0.3) is 5.91 Å². The van der Waals surface area contributed by atoms with Crippen LogP contribution in [0.1, 0.15) is 47.6 Å². The molecule has 2 N–H and O–H groups in total. The molecule has 0 aliphatic rings. The van der Waals surface area contributed by atoms with Crippen molar-refractivity contribution in [1.29, 1.82) is 0 Å². The molecule has 2 amide bonds. The monoisotopic (exact) mass is 389 g/mol. The number of nitrogens with zero attached hydrogens (tertiary/aromatic N) is 1. The molecule has 28 heavy (non-hydrogen) atoms. The molecule has 0 aliphatic carbocycles. The van der Waals surface area contributed by atoms with E-state index in [-0.39, 0.29) is 18.4 Å². The van der Waals surface area contributed by atoms with Crippen LogP contribution in [-0.2, 0) is 11.4 Å². The average molecular weight is 389 g/mol. The maximum atomic E-state index is 12.4. The van der Waals surface area contributed by atoms with Crippen LogP contribution < -0.4 is 20.1 Å². The van der Waals surface area contributed by atoms with Crippen LogP contribution in [0.25, 0.3) is 0 Å². The maximum absolute atomic E-state index is 12.4. The number of rotatable bonds is 9. The Bertz CT molecular complexity index is 812. The van der Waals surface area contributed by atoms with Gasteiger partial charge >= 0.3 is 0 Å². The van der Waals surface area contributed by atoms with Crippen LogP contribution in [-0.4, -0.2) is 36.7 Å². The molecule has 1 atom stereocenters. The third-order valence-corrected chi connectivity index (χ3v) is 4.27. The van der Waals surface area contributed by atoms with Crippen LogP contribution >= 0.6 is 0 Å². The van der Waals surface area contributed by atoms with E-state index in [2.05, 4.69) is 15.8 Å². The van der Waals surface area contributed by atoms with E-state index in [9.17, 15) is 9.59 Å². The molecule has 0 saturated heterocycles. The minimum absolute atomic E-state index is 0.221. The zero-order valence-electron chi connectivity index (χ0n) is 16.9. The van der Waals surface area contributed by atoms with Crippen LogP contribution in [0.3, 0.4) is 0 Å². The normalized spacial score (nSPS) is 11.6. The Kier molecular flexibility index (Phi) is 7.43. The summed E-state index contributed by atoms with van der Waals surface area (Å²) in [4.78, 5) is 24.4. The molecule has 0 spiro atoms. The van der Waals surface area contributed by atoms with Crippen molar-refractivity contribution in [2.45, 2.75) is 46.8 Å². The van der Waals surface area contributed by atoms with E-state index in [1.165, 1.54) is 7.11 Å². The van der Waals surface area contributed by atoms with Gasteiger partial charge in [0.2, 0.25) is 5.91 Å². The predicted octanol–water partition coefficient (Wildman–Crippen LogP) is 2.52. The molecule has 1 aromatic carbocycles. The van der Waals surface area contributed by atoms with E-state index >= 15 is 0 Å². The van der Waals surface area contributed by atoms with Gasteiger partial charge in [0, 0.05) is 12.1 Å². The van der Waals surface area contributed by atoms with E-state index in [0.717, 1.165) is 17.7 Å². The molecule has 0 fully saturated rings. The maximum Gasteiger partial charge on any atom is 0.252 e. The second kappa shape index (κ2) is 9.77. The molecule has 0 bridgehead atoms. The lowest BCUT2D eigenvalue weighted by Gasteiger charge is -2.15. The molecule has 2 aromatic rings. The van der Waals surface area contributed by atoms with E-state index in [0.29, 0.717) is 29.4 Å². The molecule has 2 rings (SSSR count). The van der Waals surface area contributed by atoms with Gasteiger partial charge in [-0.1, -0.05) is 12.1 Å². The molecule has 1 aromatic heterocycles. The van der Waals surface area contributed by atoms with Crippen LogP contribution in [0.2, 0.25) is 0 Å². The average Bonchev–Trinajstić information content (AvgIpc) is 3.01. The third kappa shape index (κ3) is 5.25. The van der Waals surface area contributed by atoms with Crippen molar-refractivity contribution >= 4 is 11.8 Å². The Morgan fingerprint density at radius 2 is 2.00 bits per heavy atom. The quantitative estimate of drug-likeness (QED) is 0.683. The standard InChI is InChI=1S/C20H27N3O5/c1-6-9-21-19(24)13(3)22-20(25)15-7-8-17(18(10-15)26-5)27-11-16-12(2)23-28-14(16)4/h7-8,10,13H,6,9,11H2,1-5H3,(H,21,24)(H,22,25)/t13-/m1/s1. The lowest BCUT2D eigenvalue weighted by Crippen LogP contribution is -2.45. The largest absolute Gasteiger partial charge is 0.493 e. The highest BCUT2D eigenvalue weighted by Gasteiger charge is 2.18. The van der Waals surface area contributed by atoms with Crippen LogP contribution in [0.5, 0.6) is 11.5 Å². The van der Waals surface area contributed by atoms with E-state index in [4.69, 9.17) is 14.0 Å². The SMILES string of the molecule is CCCNC(=O)[C@@H](C)NC(=O)c1ccc(OCc2c(C)noc2C)c(OC)c1. The fraction of sp³-hybridized carbons (Fsp3) is 0.450. The highest BCUT2D eigenvalue weighted by atomic mass is 16.5. The van der Waals surface area contributed by atoms with Crippen molar-refractivity contribution in [3.8, 4) is 11.5 Å². The van der Waals surface area contributed by atoms with E-state index in [1.807, 2.05) is 20.8 Å². The highest BCUT2D eigenvalue weighted by molar-refractivity contribution is 5.97. The smallest absolute Gasteiger partial charge is 0.252 e. The Labute approximate surface area is 164 Å². The van der Waals surface area contributed by atoms with Gasteiger partial charge in [-0.3, -0.25) is 9.59 Å². The molecular weight excluding hydrogens is 362 g/mol. The van der Waals surface area contributed by atoms with Crippen molar-refractivity contribution in [1.82, 2.24) is 15.8 Å². The second-order valence-electron chi connectivity index (χ2n) is 6.44. The zero-order valence-corrected chi connectivity index (χ0v) is 16.9. The number of nitrogens with one attached hydrogen (secondary N) is 2. The summed E-state index contributed by atoms with van der Waals surface area (Å²) < 4.78 is 16.3. The summed E-state index contributed by atoms with van der Waals surface area (Å²) >= 11 is 0. The van der Waals surface area contributed by atoms with Gasteiger partial charge in [-0.2, -0.15) is 0 Å². The summed E-state index contributed by atoms with van der Waals surface area (Å²) in [5.41, 5.74) is 2.01. The molecular formula is C20H27N3O5. The Balaban J connectivity index is 2.05. The van der Waals surface area contributed by atoms with Crippen molar-refractivity contribution in [2.24, 2.45) is 0 Å². The first kappa shape index (κ1) is 21.3. The molecule has 152 valence electrons. The summed E-state index contributed by atoms with van der Waals surface area (Å²) in [6.07, 6.45) is 0.832. The number of carbonyl (C=O) groups excluding carboxylic acids is 2. The first-order valence-corrected chi connectivity index (χ1v) is 9.18. The van der Waals surface area contributed by atoms with Gasteiger partial charge in [0.15, 0.2) is 11.5 Å². The summed E-state index contributed by atoms with van der Waals surface area (Å²) in [6.45, 7) is 8.12. The van der Waals surface area contributed by atoms with Gasteiger partial charge in [0.1, 0.15) is 18.4 Å². The topological polar surface area (TPSA) is 103 Å². The molecule has 8 heteroatoms. The number of hydrogen-bond donors (Lipinski definition) is 2. The molecule has 0 radical (unpaired) electrons.